The predicted molar refractivity (Wildman–Crippen MR) is 109 cm³/mol. The van der Waals surface area contributed by atoms with Crippen molar-refractivity contribution >= 4 is 16.0 Å². The first-order chi connectivity index (χ1) is 13.9. The maximum Gasteiger partial charge on any atom is 0.343 e. The predicted octanol–water partition coefficient (Wildman–Crippen LogP) is 3.74. The lowest BCUT2D eigenvalue weighted by Crippen LogP contribution is -2.22. The third-order valence-electron chi connectivity index (χ3n) is 4.15. The Bertz CT molecular complexity index is 1060. The fraction of sp³-hybridized carbons (Fsp3) is 0.136. The molecular formula is C22H21NO5S. The molecule has 0 saturated carbocycles. The number of rotatable bonds is 7. The molecule has 0 amide bonds. The van der Waals surface area contributed by atoms with E-state index in [9.17, 15) is 13.2 Å². The highest BCUT2D eigenvalue weighted by Gasteiger charge is 2.18. The maximum absolute atomic E-state index is 12.3. The summed E-state index contributed by atoms with van der Waals surface area (Å²) >= 11 is 0. The molecule has 7 heteroatoms. The molecule has 6 nitrogen and oxygen atoms in total. The summed E-state index contributed by atoms with van der Waals surface area (Å²) in [7, 11) is -0.643. The number of carbonyl (C=O) groups is 1. The van der Waals surface area contributed by atoms with E-state index in [4.69, 9.17) is 9.47 Å². The molecule has 0 bridgehead atoms. The summed E-state index contributed by atoms with van der Waals surface area (Å²) in [5.41, 5.74) is 1.31. The topological polar surface area (TPSA) is 72.9 Å². The molecule has 0 aliphatic heterocycles. The van der Waals surface area contributed by atoms with E-state index in [1.165, 1.54) is 38.4 Å². The van der Waals surface area contributed by atoms with Gasteiger partial charge in [0.25, 0.3) is 0 Å². The Morgan fingerprint density at radius 2 is 1.41 bits per heavy atom. The first kappa shape index (κ1) is 20.6. The first-order valence-electron chi connectivity index (χ1n) is 8.88. The van der Waals surface area contributed by atoms with Crippen LogP contribution in [-0.2, 0) is 16.6 Å². The van der Waals surface area contributed by atoms with Crippen molar-refractivity contribution in [2.24, 2.45) is 0 Å². The molecule has 0 spiro atoms. The second-order valence-corrected chi connectivity index (χ2v) is 8.60. The van der Waals surface area contributed by atoms with Crippen LogP contribution in [0.1, 0.15) is 15.9 Å². The number of hydrogen-bond acceptors (Lipinski definition) is 5. The highest BCUT2D eigenvalue weighted by Crippen LogP contribution is 2.20. The van der Waals surface area contributed by atoms with Crippen molar-refractivity contribution in [3.05, 3.63) is 90.0 Å². The van der Waals surface area contributed by atoms with Crippen LogP contribution in [0, 0.1) is 0 Å². The Hall–Kier alpha value is -3.16. The van der Waals surface area contributed by atoms with E-state index < -0.39 is 16.0 Å². The van der Waals surface area contributed by atoms with Crippen molar-refractivity contribution in [1.29, 1.82) is 0 Å². The SMILES string of the molecule is CN(C)S(=O)(=O)c1ccc(C(=O)Oc2ccc(OCc3ccccc3)cc2)cc1. The lowest BCUT2D eigenvalue weighted by molar-refractivity contribution is 0.0734. The number of hydrogen-bond donors (Lipinski definition) is 0. The van der Waals surface area contributed by atoms with Crippen molar-refractivity contribution < 1.29 is 22.7 Å². The van der Waals surface area contributed by atoms with Gasteiger partial charge in [-0.2, -0.15) is 0 Å². The van der Waals surface area contributed by atoms with E-state index in [0.717, 1.165) is 9.87 Å². The number of sulfonamides is 1. The van der Waals surface area contributed by atoms with Gasteiger partial charge in [-0.1, -0.05) is 30.3 Å². The number of esters is 1. The summed E-state index contributed by atoms with van der Waals surface area (Å²) in [6.45, 7) is 0.447. The van der Waals surface area contributed by atoms with Gasteiger partial charge in [0.05, 0.1) is 10.5 Å². The van der Waals surface area contributed by atoms with Crippen molar-refractivity contribution in [1.82, 2.24) is 4.31 Å². The molecule has 0 N–H and O–H groups in total. The van der Waals surface area contributed by atoms with E-state index in [2.05, 4.69) is 0 Å². The van der Waals surface area contributed by atoms with Crippen molar-refractivity contribution in [2.45, 2.75) is 11.5 Å². The molecule has 0 saturated heterocycles. The molecule has 3 rings (SSSR count). The van der Waals surface area contributed by atoms with E-state index in [1.807, 2.05) is 30.3 Å². The molecule has 3 aromatic carbocycles. The molecule has 0 unspecified atom stereocenters. The molecule has 3 aromatic rings. The summed E-state index contributed by atoms with van der Waals surface area (Å²) in [6.07, 6.45) is 0. The van der Waals surface area contributed by atoms with Crippen LogP contribution < -0.4 is 9.47 Å². The second-order valence-electron chi connectivity index (χ2n) is 6.45. The molecule has 0 heterocycles. The minimum atomic E-state index is -3.54. The summed E-state index contributed by atoms with van der Waals surface area (Å²) < 4.78 is 36.3. The van der Waals surface area contributed by atoms with Crippen LogP contribution in [0.3, 0.4) is 0 Å². The van der Waals surface area contributed by atoms with E-state index in [1.54, 1.807) is 24.3 Å². The number of ether oxygens (including phenoxy) is 2. The normalized spacial score (nSPS) is 11.3. The van der Waals surface area contributed by atoms with E-state index in [0.29, 0.717) is 18.1 Å². The number of nitrogens with zero attached hydrogens (tertiary/aromatic N) is 1. The van der Waals surface area contributed by atoms with Crippen LogP contribution >= 0.6 is 0 Å². The lowest BCUT2D eigenvalue weighted by atomic mass is 10.2. The van der Waals surface area contributed by atoms with Gasteiger partial charge in [-0.15, -0.1) is 0 Å². The van der Waals surface area contributed by atoms with Gasteiger partial charge < -0.3 is 9.47 Å². The Balaban J connectivity index is 1.60. The summed E-state index contributed by atoms with van der Waals surface area (Å²) in [5, 5.41) is 0. The molecule has 0 aliphatic rings. The second kappa shape index (κ2) is 8.89. The Morgan fingerprint density at radius 1 is 0.828 bits per heavy atom. The van der Waals surface area contributed by atoms with Crippen LogP contribution in [0.15, 0.2) is 83.8 Å². The van der Waals surface area contributed by atoms with Gasteiger partial charge in [0.2, 0.25) is 10.0 Å². The summed E-state index contributed by atoms with van der Waals surface area (Å²) in [4.78, 5) is 12.4. The Kier molecular flexibility index (Phi) is 6.31. The summed E-state index contributed by atoms with van der Waals surface area (Å²) in [6, 6.07) is 22.1. The number of carbonyl (C=O) groups excluding carboxylic acids is 1. The van der Waals surface area contributed by atoms with Crippen molar-refractivity contribution in [2.75, 3.05) is 14.1 Å². The average Bonchev–Trinajstić information content (AvgIpc) is 2.74. The zero-order valence-electron chi connectivity index (χ0n) is 16.1. The van der Waals surface area contributed by atoms with Crippen LogP contribution in [0.4, 0.5) is 0 Å². The van der Waals surface area contributed by atoms with Crippen LogP contribution in [-0.4, -0.2) is 32.8 Å². The van der Waals surface area contributed by atoms with Crippen molar-refractivity contribution in [3.8, 4) is 11.5 Å². The van der Waals surface area contributed by atoms with Gasteiger partial charge >= 0.3 is 5.97 Å². The van der Waals surface area contributed by atoms with Gasteiger partial charge in [-0.25, -0.2) is 17.5 Å². The fourth-order valence-corrected chi connectivity index (χ4v) is 3.39. The molecule has 0 atom stereocenters. The van der Waals surface area contributed by atoms with Gasteiger partial charge in [0.15, 0.2) is 0 Å². The van der Waals surface area contributed by atoms with Crippen LogP contribution in [0.25, 0.3) is 0 Å². The highest BCUT2D eigenvalue weighted by molar-refractivity contribution is 7.89. The lowest BCUT2D eigenvalue weighted by Gasteiger charge is -2.11. The number of benzene rings is 3. The van der Waals surface area contributed by atoms with Gasteiger partial charge in [0.1, 0.15) is 18.1 Å². The molecular weight excluding hydrogens is 390 g/mol. The monoisotopic (exact) mass is 411 g/mol. The van der Waals surface area contributed by atoms with Gasteiger partial charge in [-0.05, 0) is 54.1 Å². The average molecular weight is 411 g/mol. The minimum absolute atomic E-state index is 0.110. The first-order valence-corrected chi connectivity index (χ1v) is 10.3. The molecule has 0 radical (unpaired) electrons. The molecule has 0 aliphatic carbocycles. The van der Waals surface area contributed by atoms with E-state index in [-0.39, 0.29) is 10.5 Å². The zero-order valence-corrected chi connectivity index (χ0v) is 16.9. The molecule has 0 fully saturated rings. The fourth-order valence-electron chi connectivity index (χ4n) is 2.48. The third kappa shape index (κ3) is 5.22. The van der Waals surface area contributed by atoms with Crippen LogP contribution in [0.5, 0.6) is 11.5 Å². The van der Waals surface area contributed by atoms with Crippen LogP contribution in [0.2, 0.25) is 0 Å². The Labute approximate surface area is 170 Å². The van der Waals surface area contributed by atoms with Gasteiger partial charge in [-0.3, -0.25) is 0 Å². The van der Waals surface area contributed by atoms with Crippen molar-refractivity contribution in [3.63, 3.8) is 0 Å². The maximum atomic E-state index is 12.3. The molecule has 150 valence electrons. The summed E-state index contributed by atoms with van der Waals surface area (Å²) in [5.74, 6) is 0.454. The smallest absolute Gasteiger partial charge is 0.343 e. The standard InChI is InChI=1S/C22H21NO5S/c1-23(2)29(25,26)21-14-8-18(9-15-21)22(24)28-20-12-10-19(11-13-20)27-16-17-6-4-3-5-7-17/h3-15H,16H2,1-2H3. The third-order valence-corrected chi connectivity index (χ3v) is 5.98. The van der Waals surface area contributed by atoms with E-state index >= 15 is 0 Å². The quantitative estimate of drug-likeness (QED) is 0.437. The largest absolute Gasteiger partial charge is 0.489 e. The molecule has 0 aromatic heterocycles. The van der Waals surface area contributed by atoms with Gasteiger partial charge in [0, 0.05) is 14.1 Å². The highest BCUT2D eigenvalue weighted by atomic mass is 32.2. The Morgan fingerprint density at radius 3 is 2.00 bits per heavy atom. The molecule has 29 heavy (non-hydrogen) atoms. The zero-order chi connectivity index (χ0) is 20.9. The minimum Gasteiger partial charge on any atom is -0.489 e.